The molecule has 0 nitrogen and oxygen atoms in total. The number of benzene rings is 1. The van der Waals surface area contributed by atoms with E-state index < -0.39 is 0 Å². The number of hydrogen-bond acceptors (Lipinski definition) is 0. The Labute approximate surface area is 124 Å². The molecular formula is C15H17Cl3. The van der Waals surface area contributed by atoms with Gasteiger partial charge in [-0.1, -0.05) is 35.7 Å². The van der Waals surface area contributed by atoms with Gasteiger partial charge in [0.15, 0.2) is 0 Å². The molecule has 0 aliphatic heterocycles. The van der Waals surface area contributed by atoms with E-state index >= 15 is 0 Å². The smallest absolute Gasteiger partial charge is 0.0595 e. The Morgan fingerprint density at radius 1 is 1.11 bits per heavy atom. The molecule has 3 rings (SSSR count). The quantitative estimate of drug-likeness (QED) is 0.639. The molecular weight excluding hydrogens is 287 g/mol. The van der Waals surface area contributed by atoms with E-state index in [-0.39, 0.29) is 5.38 Å². The lowest BCUT2D eigenvalue weighted by Crippen LogP contribution is -2.23. The lowest BCUT2D eigenvalue weighted by Gasteiger charge is -2.26. The van der Waals surface area contributed by atoms with E-state index in [1.54, 1.807) is 0 Å². The molecule has 0 aromatic heterocycles. The predicted molar refractivity (Wildman–Crippen MR) is 78.7 cm³/mol. The Morgan fingerprint density at radius 2 is 1.94 bits per heavy atom. The van der Waals surface area contributed by atoms with Gasteiger partial charge in [-0.2, -0.15) is 0 Å². The van der Waals surface area contributed by atoms with Crippen LogP contribution in [0.2, 0.25) is 10.0 Å². The molecule has 2 fully saturated rings. The topological polar surface area (TPSA) is 0 Å². The van der Waals surface area contributed by atoms with Gasteiger partial charge >= 0.3 is 0 Å². The minimum atomic E-state index is 0.248. The van der Waals surface area contributed by atoms with E-state index in [1.807, 2.05) is 18.2 Å². The van der Waals surface area contributed by atoms with E-state index in [9.17, 15) is 0 Å². The van der Waals surface area contributed by atoms with Crippen LogP contribution in [-0.4, -0.2) is 5.38 Å². The average molecular weight is 304 g/mol. The van der Waals surface area contributed by atoms with Crippen molar-refractivity contribution >= 4 is 34.8 Å². The number of hydrogen-bond donors (Lipinski definition) is 0. The monoisotopic (exact) mass is 302 g/mol. The van der Waals surface area contributed by atoms with Gasteiger partial charge in [0, 0.05) is 5.38 Å². The zero-order valence-corrected chi connectivity index (χ0v) is 12.5. The fourth-order valence-corrected chi connectivity index (χ4v) is 4.59. The summed E-state index contributed by atoms with van der Waals surface area (Å²) in [5.74, 6) is 2.54. The summed E-state index contributed by atoms with van der Waals surface area (Å²) in [7, 11) is 0. The Bertz CT molecular complexity index is 443. The highest BCUT2D eigenvalue weighted by Crippen LogP contribution is 2.51. The zero-order chi connectivity index (χ0) is 12.7. The number of fused-ring (bicyclic) bond motifs is 2. The average Bonchev–Trinajstić information content (AvgIpc) is 2.96. The van der Waals surface area contributed by atoms with Crippen LogP contribution < -0.4 is 0 Å². The third-order valence-electron chi connectivity index (χ3n) is 4.67. The van der Waals surface area contributed by atoms with E-state index in [0.29, 0.717) is 16.0 Å². The maximum absolute atomic E-state index is 6.63. The van der Waals surface area contributed by atoms with E-state index in [4.69, 9.17) is 34.8 Å². The van der Waals surface area contributed by atoms with Gasteiger partial charge in [0.1, 0.15) is 0 Å². The molecule has 1 aromatic carbocycles. The van der Waals surface area contributed by atoms with Crippen molar-refractivity contribution in [2.45, 2.75) is 37.5 Å². The molecule has 0 radical (unpaired) electrons. The molecule has 1 aromatic rings. The van der Waals surface area contributed by atoms with Gasteiger partial charge in [-0.15, -0.1) is 11.6 Å². The number of alkyl halides is 1. The second-order valence-corrected chi connectivity index (χ2v) is 7.18. The molecule has 0 spiro atoms. The third kappa shape index (κ3) is 2.53. The summed E-state index contributed by atoms with van der Waals surface area (Å²) in [6.45, 7) is 0. The Hall–Kier alpha value is 0.0900. The number of halogens is 3. The van der Waals surface area contributed by atoms with Crippen molar-refractivity contribution in [2.75, 3.05) is 0 Å². The first kappa shape index (κ1) is 13.1. The third-order valence-corrected chi connectivity index (χ3v) is 5.89. The summed E-state index contributed by atoms with van der Waals surface area (Å²) in [5, 5.41) is 1.50. The predicted octanol–water partition coefficient (Wildman–Crippen LogP) is 5.58. The molecule has 2 saturated carbocycles. The first-order chi connectivity index (χ1) is 8.63. The van der Waals surface area contributed by atoms with Crippen LogP contribution in [0, 0.1) is 17.8 Å². The Morgan fingerprint density at radius 3 is 2.56 bits per heavy atom. The van der Waals surface area contributed by atoms with Gasteiger partial charge < -0.3 is 0 Å². The minimum Gasteiger partial charge on any atom is -0.122 e. The normalized spacial score (nSPS) is 31.8. The lowest BCUT2D eigenvalue weighted by molar-refractivity contribution is 0.319. The molecule has 2 aliphatic carbocycles. The summed E-state index contributed by atoms with van der Waals surface area (Å²) >= 11 is 18.6. The zero-order valence-electron chi connectivity index (χ0n) is 10.2. The molecule has 0 N–H and O–H groups in total. The van der Waals surface area contributed by atoms with Crippen molar-refractivity contribution < 1.29 is 0 Å². The van der Waals surface area contributed by atoms with Gasteiger partial charge in [0.05, 0.1) is 10.0 Å². The fourth-order valence-electron chi connectivity index (χ4n) is 3.78. The minimum absolute atomic E-state index is 0.248. The summed E-state index contributed by atoms with van der Waals surface area (Å²) in [6, 6.07) is 5.85. The Kier molecular flexibility index (Phi) is 3.80. The maximum Gasteiger partial charge on any atom is 0.0595 e. The molecule has 0 heterocycles. The SMILES string of the molecule is Clc1ccc(CC(Cl)C2CC3CCC2C3)cc1Cl. The van der Waals surface area contributed by atoms with Gasteiger partial charge in [0.25, 0.3) is 0 Å². The Balaban J connectivity index is 1.67. The maximum atomic E-state index is 6.63. The van der Waals surface area contributed by atoms with Crippen molar-refractivity contribution in [3.63, 3.8) is 0 Å². The van der Waals surface area contributed by atoms with Crippen LogP contribution in [0.4, 0.5) is 0 Å². The van der Waals surface area contributed by atoms with Crippen molar-refractivity contribution in [3.05, 3.63) is 33.8 Å². The molecule has 0 saturated heterocycles. The van der Waals surface area contributed by atoms with Gasteiger partial charge in [-0.05, 0) is 61.1 Å². The van der Waals surface area contributed by atoms with Crippen molar-refractivity contribution in [1.82, 2.24) is 0 Å². The molecule has 4 unspecified atom stereocenters. The number of rotatable bonds is 3. The van der Waals surface area contributed by atoms with Crippen molar-refractivity contribution in [1.29, 1.82) is 0 Å². The first-order valence-electron chi connectivity index (χ1n) is 6.71. The van der Waals surface area contributed by atoms with Gasteiger partial charge in [-0.3, -0.25) is 0 Å². The van der Waals surface area contributed by atoms with E-state index in [1.165, 1.54) is 31.2 Å². The lowest BCUT2D eigenvalue weighted by atomic mass is 9.84. The van der Waals surface area contributed by atoms with Crippen LogP contribution in [0.5, 0.6) is 0 Å². The van der Waals surface area contributed by atoms with Crippen LogP contribution in [-0.2, 0) is 6.42 Å². The molecule has 98 valence electrons. The van der Waals surface area contributed by atoms with Crippen LogP contribution in [0.25, 0.3) is 0 Å². The summed E-state index contributed by atoms with van der Waals surface area (Å²) < 4.78 is 0. The second-order valence-electron chi connectivity index (χ2n) is 5.81. The second kappa shape index (κ2) is 5.23. The fraction of sp³-hybridized carbons (Fsp3) is 0.600. The molecule has 3 heteroatoms. The van der Waals surface area contributed by atoms with Crippen LogP contribution in [0.15, 0.2) is 18.2 Å². The van der Waals surface area contributed by atoms with E-state index in [2.05, 4.69) is 0 Å². The molecule has 0 amide bonds. The van der Waals surface area contributed by atoms with Crippen LogP contribution in [0.1, 0.15) is 31.2 Å². The summed E-state index contributed by atoms with van der Waals surface area (Å²) in [6.07, 6.45) is 6.47. The largest absolute Gasteiger partial charge is 0.122 e. The van der Waals surface area contributed by atoms with Crippen LogP contribution in [0.3, 0.4) is 0 Å². The standard InChI is InChI=1S/C15H17Cl3/c16-13-4-2-10(8-15(13)18)7-14(17)12-6-9-1-3-11(12)5-9/h2,4,8-9,11-12,14H,1,3,5-7H2. The highest BCUT2D eigenvalue weighted by atomic mass is 35.5. The molecule has 4 atom stereocenters. The highest BCUT2D eigenvalue weighted by molar-refractivity contribution is 6.42. The van der Waals surface area contributed by atoms with Crippen molar-refractivity contribution in [3.8, 4) is 0 Å². The van der Waals surface area contributed by atoms with Crippen LogP contribution >= 0.6 is 34.8 Å². The van der Waals surface area contributed by atoms with Gasteiger partial charge in [-0.25, -0.2) is 0 Å². The van der Waals surface area contributed by atoms with E-state index in [0.717, 1.165) is 18.3 Å². The summed E-state index contributed by atoms with van der Waals surface area (Å²) in [4.78, 5) is 0. The molecule has 18 heavy (non-hydrogen) atoms. The summed E-state index contributed by atoms with van der Waals surface area (Å²) in [5.41, 5.74) is 1.20. The van der Waals surface area contributed by atoms with Crippen molar-refractivity contribution in [2.24, 2.45) is 17.8 Å². The first-order valence-corrected chi connectivity index (χ1v) is 7.90. The molecule has 2 aliphatic rings. The molecule has 2 bridgehead atoms. The van der Waals surface area contributed by atoms with Gasteiger partial charge in [0.2, 0.25) is 0 Å². The highest BCUT2D eigenvalue weighted by Gasteiger charge is 2.42.